The van der Waals surface area contributed by atoms with Gasteiger partial charge < -0.3 is 15.2 Å². The lowest BCUT2D eigenvalue weighted by molar-refractivity contribution is 0.0834. The first kappa shape index (κ1) is 12.7. The van der Waals surface area contributed by atoms with Crippen LogP contribution in [-0.4, -0.2) is 25.4 Å². The number of epoxide rings is 1. The molecule has 2 rings (SSSR count). The van der Waals surface area contributed by atoms with Gasteiger partial charge in [-0.1, -0.05) is 24.3 Å². The summed E-state index contributed by atoms with van der Waals surface area (Å²) < 4.78 is 10.2. The van der Waals surface area contributed by atoms with Crippen molar-refractivity contribution in [1.82, 2.24) is 0 Å². The van der Waals surface area contributed by atoms with Crippen LogP contribution in [0.25, 0.3) is 0 Å². The van der Waals surface area contributed by atoms with Crippen molar-refractivity contribution in [2.75, 3.05) is 18.9 Å². The second-order valence-corrected chi connectivity index (χ2v) is 3.64. The molecule has 1 aliphatic heterocycles. The molecule has 16 heavy (non-hydrogen) atoms. The molecule has 3 nitrogen and oxygen atoms in total. The quantitative estimate of drug-likeness (QED) is 0.482. The fraction of sp³-hybridized carbons (Fsp3) is 0.385. The fourth-order valence-electron chi connectivity index (χ4n) is 0.944. The summed E-state index contributed by atoms with van der Waals surface area (Å²) >= 11 is 0. The van der Waals surface area contributed by atoms with Gasteiger partial charge in [-0.05, 0) is 19.1 Å². The van der Waals surface area contributed by atoms with Gasteiger partial charge in [0.2, 0.25) is 0 Å². The number of para-hydroxylation sites is 1. The summed E-state index contributed by atoms with van der Waals surface area (Å²) in [6.07, 6.45) is 2.31. The van der Waals surface area contributed by atoms with Gasteiger partial charge in [-0.15, -0.1) is 6.58 Å². The Labute approximate surface area is 96.9 Å². The fourth-order valence-corrected chi connectivity index (χ4v) is 0.944. The molecule has 0 aromatic heterocycles. The predicted octanol–water partition coefficient (Wildman–Crippen LogP) is 2.25. The zero-order valence-corrected chi connectivity index (χ0v) is 9.63. The van der Waals surface area contributed by atoms with Crippen molar-refractivity contribution < 1.29 is 9.47 Å². The largest absolute Gasteiger partial charge is 0.399 e. The molecule has 3 heteroatoms. The summed E-state index contributed by atoms with van der Waals surface area (Å²) in [5.41, 5.74) is 6.18. The SMILES string of the molecule is C=CC(C)OCC1CO1.Nc1ccccc1. The van der Waals surface area contributed by atoms with E-state index >= 15 is 0 Å². The number of benzene rings is 1. The summed E-state index contributed by atoms with van der Waals surface area (Å²) in [4.78, 5) is 0. The van der Waals surface area contributed by atoms with Crippen LogP contribution in [0.4, 0.5) is 5.69 Å². The Hall–Kier alpha value is -1.32. The molecule has 88 valence electrons. The lowest BCUT2D eigenvalue weighted by Gasteiger charge is -2.04. The Bertz CT molecular complexity index is 296. The summed E-state index contributed by atoms with van der Waals surface area (Å²) in [5, 5.41) is 0. The second-order valence-electron chi connectivity index (χ2n) is 3.64. The van der Waals surface area contributed by atoms with E-state index in [1.165, 1.54) is 0 Å². The third kappa shape index (κ3) is 6.22. The standard InChI is InChI=1S/C7H12O2.C6H7N/c1-3-6(2)8-4-7-5-9-7;7-6-4-2-1-3-5-6/h3,6-7H,1,4-5H2,2H3;1-5H,7H2. The van der Waals surface area contributed by atoms with Crippen LogP contribution < -0.4 is 5.73 Å². The van der Waals surface area contributed by atoms with Crippen LogP contribution in [-0.2, 0) is 9.47 Å². The smallest absolute Gasteiger partial charge is 0.104 e. The Balaban J connectivity index is 0.000000165. The number of ether oxygens (including phenoxy) is 2. The van der Waals surface area contributed by atoms with E-state index in [1.807, 2.05) is 37.3 Å². The molecule has 1 aromatic carbocycles. The van der Waals surface area contributed by atoms with E-state index in [0.717, 1.165) is 12.3 Å². The number of rotatable bonds is 4. The molecular formula is C13H19NO2. The van der Waals surface area contributed by atoms with Crippen molar-refractivity contribution in [3.05, 3.63) is 43.0 Å². The van der Waals surface area contributed by atoms with E-state index in [4.69, 9.17) is 15.2 Å². The van der Waals surface area contributed by atoms with Gasteiger partial charge in [0, 0.05) is 5.69 Å². The minimum absolute atomic E-state index is 0.161. The highest BCUT2D eigenvalue weighted by Gasteiger charge is 2.22. The molecular weight excluding hydrogens is 202 g/mol. The van der Waals surface area contributed by atoms with E-state index in [9.17, 15) is 0 Å². The van der Waals surface area contributed by atoms with Crippen LogP contribution in [0.5, 0.6) is 0 Å². The van der Waals surface area contributed by atoms with Gasteiger partial charge in [0.05, 0.1) is 19.3 Å². The van der Waals surface area contributed by atoms with E-state index in [2.05, 4.69) is 6.58 Å². The lowest BCUT2D eigenvalue weighted by Crippen LogP contribution is -2.09. The van der Waals surface area contributed by atoms with Crippen LogP contribution in [0.2, 0.25) is 0 Å². The molecule has 2 unspecified atom stereocenters. The highest BCUT2D eigenvalue weighted by molar-refractivity contribution is 5.35. The maximum absolute atomic E-state index is 5.36. The Kier molecular flexibility index (Phi) is 5.61. The van der Waals surface area contributed by atoms with Crippen molar-refractivity contribution in [3.8, 4) is 0 Å². The summed E-state index contributed by atoms with van der Waals surface area (Å²) in [6, 6.07) is 9.49. The molecule has 1 aromatic rings. The minimum Gasteiger partial charge on any atom is -0.399 e. The third-order valence-corrected chi connectivity index (χ3v) is 2.08. The van der Waals surface area contributed by atoms with Crippen LogP contribution in [0.1, 0.15) is 6.92 Å². The Morgan fingerprint density at radius 3 is 2.56 bits per heavy atom. The van der Waals surface area contributed by atoms with Gasteiger partial charge in [0.15, 0.2) is 0 Å². The van der Waals surface area contributed by atoms with Crippen LogP contribution in [0, 0.1) is 0 Å². The van der Waals surface area contributed by atoms with Crippen molar-refractivity contribution in [1.29, 1.82) is 0 Å². The van der Waals surface area contributed by atoms with Crippen molar-refractivity contribution in [2.24, 2.45) is 0 Å². The maximum Gasteiger partial charge on any atom is 0.104 e. The van der Waals surface area contributed by atoms with Crippen LogP contribution in [0.15, 0.2) is 43.0 Å². The third-order valence-electron chi connectivity index (χ3n) is 2.08. The number of anilines is 1. The second kappa shape index (κ2) is 7.04. The van der Waals surface area contributed by atoms with Gasteiger partial charge >= 0.3 is 0 Å². The van der Waals surface area contributed by atoms with E-state index < -0.39 is 0 Å². The lowest BCUT2D eigenvalue weighted by atomic mass is 10.3. The first-order chi connectivity index (χ1) is 7.72. The minimum atomic E-state index is 0.161. The van der Waals surface area contributed by atoms with E-state index in [-0.39, 0.29) is 6.10 Å². The first-order valence-corrected chi connectivity index (χ1v) is 5.38. The molecule has 0 aliphatic carbocycles. The number of nitrogens with two attached hydrogens (primary N) is 1. The molecule has 0 radical (unpaired) electrons. The van der Waals surface area contributed by atoms with E-state index in [0.29, 0.717) is 12.7 Å². The maximum atomic E-state index is 5.36. The molecule has 0 amide bonds. The number of hydrogen-bond donors (Lipinski definition) is 1. The monoisotopic (exact) mass is 221 g/mol. The molecule has 1 heterocycles. The molecule has 1 aliphatic rings. The molecule has 0 spiro atoms. The van der Waals surface area contributed by atoms with Crippen molar-refractivity contribution in [3.63, 3.8) is 0 Å². The van der Waals surface area contributed by atoms with Gasteiger partial charge in [-0.25, -0.2) is 0 Å². The predicted molar refractivity (Wildman–Crippen MR) is 66.2 cm³/mol. The summed E-state index contributed by atoms with van der Waals surface area (Å²) in [7, 11) is 0. The molecule has 1 fully saturated rings. The Morgan fingerprint density at radius 1 is 1.56 bits per heavy atom. The van der Waals surface area contributed by atoms with Crippen LogP contribution >= 0.6 is 0 Å². The average Bonchev–Trinajstić information content (AvgIpc) is 3.11. The molecule has 1 saturated heterocycles. The normalized spacial score (nSPS) is 19.2. The zero-order valence-electron chi connectivity index (χ0n) is 9.63. The zero-order chi connectivity index (χ0) is 11.8. The van der Waals surface area contributed by atoms with Gasteiger partial charge in [0.25, 0.3) is 0 Å². The highest BCUT2D eigenvalue weighted by atomic mass is 16.6. The van der Waals surface area contributed by atoms with Gasteiger partial charge in [-0.3, -0.25) is 0 Å². The first-order valence-electron chi connectivity index (χ1n) is 5.38. The summed E-state index contributed by atoms with van der Waals surface area (Å²) in [5.74, 6) is 0. The van der Waals surface area contributed by atoms with Crippen LogP contribution in [0.3, 0.4) is 0 Å². The Morgan fingerprint density at radius 2 is 2.19 bits per heavy atom. The number of nitrogen functional groups attached to an aromatic ring is 1. The number of hydrogen-bond acceptors (Lipinski definition) is 3. The summed E-state index contributed by atoms with van der Waals surface area (Å²) in [6.45, 7) is 7.14. The van der Waals surface area contributed by atoms with Crippen molar-refractivity contribution in [2.45, 2.75) is 19.1 Å². The van der Waals surface area contributed by atoms with Gasteiger partial charge in [-0.2, -0.15) is 0 Å². The topological polar surface area (TPSA) is 47.8 Å². The van der Waals surface area contributed by atoms with E-state index in [1.54, 1.807) is 6.08 Å². The highest BCUT2D eigenvalue weighted by Crippen LogP contribution is 2.09. The average molecular weight is 221 g/mol. The molecule has 0 bridgehead atoms. The molecule has 0 saturated carbocycles. The van der Waals surface area contributed by atoms with Gasteiger partial charge in [0.1, 0.15) is 6.10 Å². The molecule has 2 atom stereocenters. The molecule has 2 N–H and O–H groups in total. The van der Waals surface area contributed by atoms with Crippen molar-refractivity contribution >= 4 is 5.69 Å².